The van der Waals surface area contributed by atoms with Crippen LogP contribution in [0.15, 0.2) is 10.9 Å². The minimum absolute atomic E-state index is 0.130. The third-order valence-corrected chi connectivity index (χ3v) is 1.79. The molecule has 5 heteroatoms. The van der Waals surface area contributed by atoms with Crippen LogP contribution in [-0.2, 0) is 17.6 Å². The van der Waals surface area contributed by atoms with E-state index in [9.17, 15) is 4.79 Å². The van der Waals surface area contributed by atoms with Gasteiger partial charge in [-0.25, -0.2) is 4.98 Å². The van der Waals surface area contributed by atoms with Crippen molar-refractivity contribution in [1.82, 2.24) is 9.97 Å². The first-order chi connectivity index (χ1) is 6.76. The number of hydrogen-bond acceptors (Lipinski definition) is 4. The van der Waals surface area contributed by atoms with E-state index in [0.717, 1.165) is 5.69 Å². The Labute approximate surface area is 82.3 Å². The van der Waals surface area contributed by atoms with Crippen LogP contribution in [0.3, 0.4) is 0 Å². The first-order valence-corrected chi connectivity index (χ1v) is 4.54. The van der Waals surface area contributed by atoms with Crippen molar-refractivity contribution < 1.29 is 4.74 Å². The lowest BCUT2D eigenvalue weighted by Crippen LogP contribution is -2.16. The molecule has 5 nitrogen and oxygen atoms in total. The zero-order valence-electron chi connectivity index (χ0n) is 8.25. The molecule has 0 aliphatic heterocycles. The molecule has 0 amide bonds. The molecule has 0 atom stereocenters. The predicted octanol–water partition coefficient (Wildman–Crippen LogP) is -0.540. The van der Waals surface area contributed by atoms with Crippen molar-refractivity contribution in [2.75, 3.05) is 20.3 Å². The van der Waals surface area contributed by atoms with E-state index in [1.165, 1.54) is 6.07 Å². The number of hydrogen-bond donors (Lipinski definition) is 2. The lowest BCUT2D eigenvalue weighted by Gasteiger charge is -2.02. The molecule has 0 aromatic carbocycles. The Morgan fingerprint density at radius 3 is 3.00 bits per heavy atom. The highest BCUT2D eigenvalue weighted by atomic mass is 16.5. The summed E-state index contributed by atoms with van der Waals surface area (Å²) in [4.78, 5) is 18.1. The molecule has 1 rings (SSSR count). The number of nitrogens with two attached hydrogens (primary N) is 1. The van der Waals surface area contributed by atoms with Crippen LogP contribution < -0.4 is 11.3 Å². The highest BCUT2D eigenvalue weighted by molar-refractivity contribution is 5.03. The highest BCUT2D eigenvalue weighted by Crippen LogP contribution is 1.94. The molecule has 1 heterocycles. The van der Waals surface area contributed by atoms with Crippen LogP contribution in [-0.4, -0.2) is 30.2 Å². The first-order valence-electron chi connectivity index (χ1n) is 4.54. The lowest BCUT2D eigenvalue weighted by molar-refractivity contribution is 0.200. The molecule has 3 N–H and O–H groups in total. The minimum atomic E-state index is -0.130. The summed E-state index contributed by atoms with van der Waals surface area (Å²) in [7, 11) is 1.61. The van der Waals surface area contributed by atoms with Gasteiger partial charge in [-0.3, -0.25) is 4.79 Å². The maximum Gasteiger partial charge on any atom is 0.251 e. The van der Waals surface area contributed by atoms with Crippen LogP contribution in [0.1, 0.15) is 11.5 Å². The zero-order chi connectivity index (χ0) is 10.4. The van der Waals surface area contributed by atoms with E-state index in [2.05, 4.69) is 9.97 Å². The van der Waals surface area contributed by atoms with Crippen LogP contribution in [0.5, 0.6) is 0 Å². The SMILES string of the molecule is COCCc1nc(CCN)cc(=O)[nH]1. The topological polar surface area (TPSA) is 81.0 Å². The highest BCUT2D eigenvalue weighted by Gasteiger charge is 2.00. The quantitative estimate of drug-likeness (QED) is 0.664. The fourth-order valence-electron chi connectivity index (χ4n) is 1.16. The van der Waals surface area contributed by atoms with Gasteiger partial charge in [0.25, 0.3) is 5.56 Å². The summed E-state index contributed by atoms with van der Waals surface area (Å²) in [6, 6.07) is 1.48. The third kappa shape index (κ3) is 3.27. The summed E-state index contributed by atoms with van der Waals surface area (Å²) >= 11 is 0. The van der Waals surface area contributed by atoms with Crippen molar-refractivity contribution in [2.45, 2.75) is 12.8 Å². The minimum Gasteiger partial charge on any atom is -0.384 e. The van der Waals surface area contributed by atoms with Gasteiger partial charge in [0.1, 0.15) is 5.82 Å². The van der Waals surface area contributed by atoms with Crippen molar-refractivity contribution in [2.24, 2.45) is 5.73 Å². The van der Waals surface area contributed by atoms with Gasteiger partial charge in [-0.1, -0.05) is 0 Å². The van der Waals surface area contributed by atoms with Crippen molar-refractivity contribution in [1.29, 1.82) is 0 Å². The summed E-state index contributed by atoms with van der Waals surface area (Å²) in [6.45, 7) is 1.05. The molecule has 78 valence electrons. The van der Waals surface area contributed by atoms with E-state index in [-0.39, 0.29) is 5.56 Å². The Morgan fingerprint density at radius 1 is 1.57 bits per heavy atom. The monoisotopic (exact) mass is 197 g/mol. The molecule has 1 aromatic rings. The van der Waals surface area contributed by atoms with Gasteiger partial charge in [0.15, 0.2) is 0 Å². The maximum atomic E-state index is 11.2. The van der Waals surface area contributed by atoms with E-state index in [0.29, 0.717) is 31.8 Å². The standard InChI is InChI=1S/C9H15N3O2/c1-14-5-3-8-11-7(2-4-10)6-9(13)12-8/h6H,2-5,10H2,1H3,(H,11,12,13). The van der Waals surface area contributed by atoms with Gasteiger partial charge in [-0.15, -0.1) is 0 Å². The van der Waals surface area contributed by atoms with Crippen LogP contribution >= 0.6 is 0 Å². The Bertz CT molecular complexity index is 335. The Kier molecular flexibility index (Phi) is 4.28. The molecule has 0 bridgehead atoms. The number of H-pyrrole nitrogens is 1. The largest absolute Gasteiger partial charge is 0.384 e. The molecule has 0 unspecified atom stereocenters. The van der Waals surface area contributed by atoms with Gasteiger partial charge >= 0.3 is 0 Å². The number of rotatable bonds is 5. The molecule has 1 aromatic heterocycles. The van der Waals surface area contributed by atoms with Gasteiger partial charge in [0.05, 0.1) is 6.61 Å². The number of nitrogens with one attached hydrogen (secondary N) is 1. The van der Waals surface area contributed by atoms with Gasteiger partial charge in [-0.2, -0.15) is 0 Å². The predicted molar refractivity (Wildman–Crippen MR) is 53.2 cm³/mol. The number of methoxy groups -OCH3 is 1. The van der Waals surface area contributed by atoms with Crippen LogP contribution in [0.2, 0.25) is 0 Å². The van der Waals surface area contributed by atoms with Crippen LogP contribution in [0, 0.1) is 0 Å². The molecule has 0 fully saturated rings. The average molecular weight is 197 g/mol. The molecule has 0 saturated carbocycles. The molecular formula is C9H15N3O2. The molecule has 0 spiro atoms. The van der Waals surface area contributed by atoms with Gasteiger partial charge in [0, 0.05) is 31.7 Å². The fourth-order valence-corrected chi connectivity index (χ4v) is 1.16. The average Bonchev–Trinajstić information content (AvgIpc) is 2.14. The lowest BCUT2D eigenvalue weighted by atomic mass is 10.3. The summed E-state index contributed by atoms with van der Waals surface area (Å²) in [5.74, 6) is 0.655. The zero-order valence-corrected chi connectivity index (χ0v) is 8.25. The Hall–Kier alpha value is -1.20. The van der Waals surface area contributed by atoms with Crippen molar-refractivity contribution in [3.63, 3.8) is 0 Å². The summed E-state index contributed by atoms with van der Waals surface area (Å²) < 4.78 is 4.90. The molecule has 14 heavy (non-hydrogen) atoms. The van der Waals surface area contributed by atoms with Crippen molar-refractivity contribution >= 4 is 0 Å². The van der Waals surface area contributed by atoms with Gasteiger partial charge in [-0.05, 0) is 6.54 Å². The summed E-state index contributed by atoms with van der Waals surface area (Å²) in [6.07, 6.45) is 1.24. The molecule has 0 aliphatic rings. The second-order valence-electron chi connectivity index (χ2n) is 2.96. The van der Waals surface area contributed by atoms with E-state index < -0.39 is 0 Å². The molecule has 0 saturated heterocycles. The molecule has 0 aliphatic carbocycles. The molecular weight excluding hydrogens is 182 g/mol. The number of nitrogens with zero attached hydrogens (tertiary/aromatic N) is 1. The second kappa shape index (κ2) is 5.51. The fraction of sp³-hybridized carbons (Fsp3) is 0.556. The second-order valence-corrected chi connectivity index (χ2v) is 2.96. The van der Waals surface area contributed by atoms with Crippen molar-refractivity contribution in [3.8, 4) is 0 Å². The third-order valence-electron chi connectivity index (χ3n) is 1.79. The summed E-state index contributed by atoms with van der Waals surface area (Å²) in [5, 5.41) is 0. The normalized spacial score (nSPS) is 10.4. The van der Waals surface area contributed by atoms with Crippen molar-refractivity contribution in [3.05, 3.63) is 27.9 Å². The van der Waals surface area contributed by atoms with Crippen LogP contribution in [0.25, 0.3) is 0 Å². The Morgan fingerprint density at radius 2 is 2.36 bits per heavy atom. The smallest absolute Gasteiger partial charge is 0.251 e. The van der Waals surface area contributed by atoms with E-state index in [1.807, 2.05) is 0 Å². The number of ether oxygens (including phenoxy) is 1. The van der Waals surface area contributed by atoms with Gasteiger partial charge in [0.2, 0.25) is 0 Å². The van der Waals surface area contributed by atoms with Gasteiger partial charge < -0.3 is 15.5 Å². The number of aromatic nitrogens is 2. The summed E-state index contributed by atoms with van der Waals surface area (Å²) in [5.41, 5.74) is 5.99. The van der Waals surface area contributed by atoms with E-state index >= 15 is 0 Å². The van der Waals surface area contributed by atoms with E-state index in [1.54, 1.807) is 7.11 Å². The number of aromatic amines is 1. The van der Waals surface area contributed by atoms with E-state index in [4.69, 9.17) is 10.5 Å². The first kappa shape index (κ1) is 10.9. The van der Waals surface area contributed by atoms with Crippen LogP contribution in [0.4, 0.5) is 0 Å². The maximum absolute atomic E-state index is 11.2. The molecule has 0 radical (unpaired) electrons. The Balaban J connectivity index is 2.78.